The Morgan fingerprint density at radius 2 is 1.61 bits per heavy atom. The van der Waals surface area contributed by atoms with Crippen LogP contribution in [0.1, 0.15) is 61.5 Å². The number of primary amides is 1. The number of carbonyl (C=O) groups excluding carboxylic acids is 1. The van der Waals surface area contributed by atoms with E-state index < -0.39 is 5.41 Å². The molecule has 0 bridgehead atoms. The van der Waals surface area contributed by atoms with Crippen molar-refractivity contribution >= 4 is 5.91 Å². The van der Waals surface area contributed by atoms with Crippen LogP contribution < -0.4 is 27.3 Å². The molecule has 3 aromatic rings. The molecule has 1 aromatic heterocycles. The highest BCUT2D eigenvalue weighted by atomic mass is 79.9. The van der Waals surface area contributed by atoms with Gasteiger partial charge in [-0.15, -0.1) is 0 Å². The van der Waals surface area contributed by atoms with Crippen LogP contribution in [-0.4, -0.2) is 10.5 Å². The fourth-order valence-electron chi connectivity index (χ4n) is 6.18. The van der Waals surface area contributed by atoms with Gasteiger partial charge in [-0.05, 0) is 55.1 Å². The van der Waals surface area contributed by atoms with Crippen LogP contribution in [0.15, 0.2) is 73.1 Å². The summed E-state index contributed by atoms with van der Waals surface area (Å²) in [7, 11) is 0. The van der Waals surface area contributed by atoms with Crippen LogP contribution in [0.5, 0.6) is 0 Å². The molecule has 2 saturated carbocycles. The van der Waals surface area contributed by atoms with Crippen molar-refractivity contribution in [3.8, 4) is 0 Å². The summed E-state index contributed by atoms with van der Waals surface area (Å²) in [6, 6.07) is 20.7. The molecule has 2 aliphatic carbocycles. The van der Waals surface area contributed by atoms with E-state index in [-0.39, 0.29) is 28.8 Å². The van der Waals surface area contributed by atoms with Crippen LogP contribution in [0, 0.1) is 18.8 Å². The largest absolute Gasteiger partial charge is 1.00 e. The number of nitrogens with zero attached hydrogens (tertiary/aromatic N) is 2. The Bertz CT molecular complexity index is 1040. The van der Waals surface area contributed by atoms with Gasteiger partial charge in [0, 0.05) is 6.92 Å². The maximum atomic E-state index is 13.3. The minimum atomic E-state index is -0.805. The van der Waals surface area contributed by atoms with Crippen LogP contribution in [0.4, 0.5) is 0 Å². The van der Waals surface area contributed by atoms with Crippen molar-refractivity contribution in [3.63, 3.8) is 0 Å². The van der Waals surface area contributed by atoms with Crippen molar-refractivity contribution in [3.05, 3.63) is 90.0 Å². The normalized spacial score (nSPS) is 20.8. The lowest BCUT2D eigenvalue weighted by molar-refractivity contribution is -0.710. The van der Waals surface area contributed by atoms with Gasteiger partial charge in [-0.3, -0.25) is 4.79 Å². The molecule has 2 atom stereocenters. The molecule has 2 N–H and O–H groups in total. The molecule has 0 saturated heterocycles. The fourth-order valence-corrected chi connectivity index (χ4v) is 6.18. The fraction of sp³-hybridized carbons (Fsp3) is 0.429. The number of benzene rings is 2. The molecular weight excluding hydrogens is 474 g/mol. The number of nitrogens with two attached hydrogens (primary N) is 1. The number of hydrogen-bond acceptors (Lipinski definition) is 1. The Balaban J connectivity index is 0.00000259. The van der Waals surface area contributed by atoms with E-state index in [1.807, 2.05) is 36.4 Å². The van der Waals surface area contributed by atoms with Gasteiger partial charge in [-0.1, -0.05) is 67.1 Å². The Morgan fingerprint density at radius 3 is 2.12 bits per heavy atom. The van der Waals surface area contributed by atoms with Crippen molar-refractivity contribution < 1.29 is 26.3 Å². The van der Waals surface area contributed by atoms with Crippen molar-refractivity contribution in [1.82, 2.24) is 4.57 Å². The third kappa shape index (κ3) is 4.16. The molecule has 1 heterocycles. The quantitative estimate of drug-likeness (QED) is 0.486. The van der Waals surface area contributed by atoms with Crippen LogP contribution in [0.3, 0.4) is 0 Å². The second-order valence-electron chi connectivity index (χ2n) is 9.77. The van der Waals surface area contributed by atoms with Crippen molar-refractivity contribution in [1.29, 1.82) is 0 Å². The lowest BCUT2D eigenvalue weighted by atomic mass is 9.64. The summed E-state index contributed by atoms with van der Waals surface area (Å²) in [4.78, 5) is 13.3. The Labute approximate surface area is 207 Å². The summed E-state index contributed by atoms with van der Waals surface area (Å²) in [5.74, 6) is 2.08. The van der Waals surface area contributed by atoms with Gasteiger partial charge in [-0.2, -0.15) is 0 Å². The smallest absolute Gasteiger partial charge is 0.253 e. The molecule has 4 nitrogen and oxygen atoms in total. The molecule has 0 spiro atoms. The third-order valence-corrected chi connectivity index (χ3v) is 8.13. The molecular formula is C28H34BrN3O. The van der Waals surface area contributed by atoms with Crippen molar-refractivity contribution in [2.75, 3.05) is 0 Å². The Kier molecular flexibility index (Phi) is 7.08. The summed E-state index contributed by atoms with van der Waals surface area (Å²) in [6.45, 7) is 3.37. The van der Waals surface area contributed by atoms with Gasteiger partial charge >= 0.3 is 0 Å². The zero-order valence-electron chi connectivity index (χ0n) is 19.4. The zero-order chi connectivity index (χ0) is 22.1. The number of amides is 1. The van der Waals surface area contributed by atoms with E-state index in [4.69, 9.17) is 5.73 Å². The van der Waals surface area contributed by atoms with Gasteiger partial charge in [0.05, 0.1) is 6.54 Å². The van der Waals surface area contributed by atoms with E-state index in [9.17, 15) is 4.79 Å². The first kappa shape index (κ1) is 23.7. The van der Waals surface area contributed by atoms with Crippen LogP contribution in [0.2, 0.25) is 0 Å². The highest BCUT2D eigenvalue weighted by Crippen LogP contribution is 2.50. The average Bonchev–Trinajstić information content (AvgIpc) is 3.40. The van der Waals surface area contributed by atoms with Crippen molar-refractivity contribution in [2.45, 2.75) is 63.5 Å². The van der Waals surface area contributed by atoms with E-state index in [2.05, 4.69) is 52.7 Å². The topological polar surface area (TPSA) is 51.9 Å². The highest BCUT2D eigenvalue weighted by Gasteiger charge is 2.51. The average molecular weight is 509 g/mol. The van der Waals surface area contributed by atoms with E-state index in [1.165, 1.54) is 25.1 Å². The van der Waals surface area contributed by atoms with Crippen molar-refractivity contribution in [2.24, 2.45) is 17.6 Å². The molecule has 33 heavy (non-hydrogen) atoms. The molecule has 2 fully saturated rings. The van der Waals surface area contributed by atoms with Gasteiger partial charge in [0.15, 0.2) is 0 Å². The second-order valence-corrected chi connectivity index (χ2v) is 9.77. The van der Waals surface area contributed by atoms with Gasteiger partial charge in [0.25, 0.3) is 5.82 Å². The second kappa shape index (κ2) is 9.84. The summed E-state index contributed by atoms with van der Waals surface area (Å²) in [6.07, 6.45) is 11.6. The number of aromatic nitrogens is 2. The molecule has 5 heteroatoms. The van der Waals surface area contributed by atoms with Gasteiger partial charge in [0.1, 0.15) is 23.9 Å². The van der Waals surface area contributed by atoms with Gasteiger partial charge in [0.2, 0.25) is 5.91 Å². The van der Waals surface area contributed by atoms with E-state index in [0.29, 0.717) is 6.04 Å². The van der Waals surface area contributed by atoms with Crippen LogP contribution in [-0.2, 0) is 16.8 Å². The minimum Gasteiger partial charge on any atom is -1.00 e. The molecule has 5 rings (SSSR count). The number of carbonyl (C=O) groups is 1. The molecule has 0 unspecified atom stereocenters. The first-order valence-electron chi connectivity index (χ1n) is 12.1. The number of halogens is 1. The Hall–Kier alpha value is -2.40. The first-order chi connectivity index (χ1) is 15.6. The standard InChI is InChI=1S/C28H33N3O.BrH/c1-21-30(20-22-9-8-10-22)17-18-31(21)26-16-15-25(19-26)28(27(29)32,23-11-4-2-5-12-23)24-13-6-3-7-14-24;/h2-7,11-14,17-18,22,25-26H,8-10,15-16,19-20H2,1H3,(H-,29,32);1H/t25-,26+;/m0./s1. The predicted molar refractivity (Wildman–Crippen MR) is 126 cm³/mol. The summed E-state index contributed by atoms with van der Waals surface area (Å²) in [5.41, 5.74) is 7.47. The summed E-state index contributed by atoms with van der Waals surface area (Å²) < 4.78 is 4.87. The minimum absolute atomic E-state index is 0. The monoisotopic (exact) mass is 507 g/mol. The molecule has 174 valence electrons. The highest BCUT2D eigenvalue weighted by molar-refractivity contribution is 5.91. The molecule has 0 aliphatic heterocycles. The lowest BCUT2D eigenvalue weighted by Crippen LogP contribution is -3.00. The third-order valence-electron chi connectivity index (χ3n) is 8.13. The van der Waals surface area contributed by atoms with Gasteiger partial charge in [-0.25, -0.2) is 9.13 Å². The van der Waals surface area contributed by atoms with Crippen LogP contribution >= 0.6 is 0 Å². The zero-order valence-corrected chi connectivity index (χ0v) is 21.0. The maximum Gasteiger partial charge on any atom is 0.253 e. The van der Waals surface area contributed by atoms with E-state index >= 15 is 0 Å². The van der Waals surface area contributed by atoms with Gasteiger partial charge < -0.3 is 22.7 Å². The molecule has 2 aromatic carbocycles. The molecule has 0 radical (unpaired) electrons. The lowest BCUT2D eigenvalue weighted by Gasteiger charge is -2.37. The molecule has 2 aliphatic rings. The van der Waals surface area contributed by atoms with Crippen LogP contribution in [0.25, 0.3) is 0 Å². The first-order valence-corrected chi connectivity index (χ1v) is 12.1. The number of rotatable bonds is 7. The maximum absolute atomic E-state index is 13.3. The number of hydrogen-bond donors (Lipinski definition) is 1. The molecule has 1 amide bonds. The Morgan fingerprint density at radius 1 is 1.00 bits per heavy atom. The number of imidazole rings is 1. The predicted octanol–water partition coefficient (Wildman–Crippen LogP) is 1.70. The summed E-state index contributed by atoms with van der Waals surface area (Å²) >= 11 is 0. The summed E-state index contributed by atoms with van der Waals surface area (Å²) in [5, 5.41) is 0. The van der Waals surface area contributed by atoms with E-state index in [1.54, 1.807) is 0 Å². The van der Waals surface area contributed by atoms with E-state index in [0.717, 1.165) is 42.9 Å². The SMILES string of the molecule is Cc1n([C@@H]2CC[C@H](C(C(N)=O)(c3ccccc3)c3ccccc3)C2)cc[n+]1CC1CCC1.[Br-].